The number of anilines is 2. The highest BCUT2D eigenvalue weighted by atomic mass is 32.2. The molecule has 1 aromatic carbocycles. The molecule has 1 fully saturated rings. The molecular weight excluding hydrogens is 587 g/mol. The molecule has 1 N–H and O–H groups in total. The lowest BCUT2D eigenvalue weighted by Gasteiger charge is -2.31. The molecule has 0 bridgehead atoms. The van der Waals surface area contributed by atoms with Crippen molar-refractivity contribution in [2.24, 2.45) is 4.36 Å². The predicted octanol–water partition coefficient (Wildman–Crippen LogP) is 6.04. The highest BCUT2D eigenvalue weighted by Gasteiger charge is 2.63. The second kappa shape index (κ2) is 11.7. The van der Waals surface area contributed by atoms with Crippen LogP contribution in [0.15, 0.2) is 39.9 Å². The number of benzene rings is 1. The SMILES string of the molecule is COC1(C(F)(F)F)CC(C(=O)Nc2ccnc([S@@](C)(=O)=NC(=O)OC(C)(C)C)c2)N(c2ccc(F)c(F)c2C(C)C)C1. The van der Waals surface area contributed by atoms with Gasteiger partial charge in [0.05, 0.1) is 6.54 Å². The Hall–Kier alpha value is -3.33. The van der Waals surface area contributed by atoms with Gasteiger partial charge in [-0.05, 0) is 51.0 Å². The third kappa shape index (κ3) is 7.00. The number of hydrogen-bond acceptors (Lipinski definition) is 7. The minimum absolute atomic E-state index is 0.00444. The van der Waals surface area contributed by atoms with Crippen LogP contribution in [-0.2, 0) is 24.0 Å². The van der Waals surface area contributed by atoms with Gasteiger partial charge in [-0.15, -0.1) is 4.36 Å². The van der Waals surface area contributed by atoms with E-state index in [1.807, 2.05) is 0 Å². The molecule has 3 rings (SSSR count). The fourth-order valence-corrected chi connectivity index (χ4v) is 5.59. The van der Waals surface area contributed by atoms with Crippen molar-refractivity contribution in [3.63, 3.8) is 0 Å². The average Bonchev–Trinajstić information content (AvgIpc) is 3.25. The number of pyridine rings is 1. The molecule has 9 nitrogen and oxygen atoms in total. The summed E-state index contributed by atoms with van der Waals surface area (Å²) in [4.78, 5) is 30.7. The summed E-state index contributed by atoms with van der Waals surface area (Å²) in [7, 11) is -2.58. The van der Waals surface area contributed by atoms with E-state index in [0.717, 1.165) is 36.5 Å². The smallest absolute Gasteiger partial charge is 0.442 e. The van der Waals surface area contributed by atoms with Gasteiger partial charge in [0.25, 0.3) is 0 Å². The minimum Gasteiger partial charge on any atom is -0.442 e. The van der Waals surface area contributed by atoms with Crippen molar-refractivity contribution < 1.29 is 45.2 Å². The maximum Gasteiger partial charge on any atom is 0.442 e. The van der Waals surface area contributed by atoms with E-state index in [1.165, 1.54) is 12.3 Å². The number of carbonyl (C=O) groups is 2. The zero-order valence-corrected chi connectivity index (χ0v) is 25.0. The number of hydrogen-bond donors (Lipinski definition) is 1. The first-order valence-electron chi connectivity index (χ1n) is 12.8. The number of alkyl halides is 3. The number of rotatable bonds is 6. The van der Waals surface area contributed by atoms with E-state index in [-0.39, 0.29) is 22.0 Å². The van der Waals surface area contributed by atoms with Gasteiger partial charge >= 0.3 is 12.3 Å². The minimum atomic E-state index is -4.91. The lowest BCUT2D eigenvalue weighted by Crippen LogP contribution is -2.49. The Bertz CT molecular complexity index is 1480. The van der Waals surface area contributed by atoms with Crippen molar-refractivity contribution in [2.75, 3.05) is 30.1 Å². The Morgan fingerprint density at radius 3 is 2.38 bits per heavy atom. The Kier molecular flexibility index (Phi) is 9.28. The molecule has 0 spiro atoms. The van der Waals surface area contributed by atoms with Gasteiger partial charge in [-0.3, -0.25) is 4.79 Å². The summed E-state index contributed by atoms with van der Waals surface area (Å²) in [5, 5.41) is 2.29. The quantitative estimate of drug-likeness (QED) is 0.392. The van der Waals surface area contributed by atoms with E-state index in [4.69, 9.17) is 9.47 Å². The fourth-order valence-electron chi connectivity index (χ4n) is 4.57. The van der Waals surface area contributed by atoms with E-state index in [1.54, 1.807) is 34.6 Å². The van der Waals surface area contributed by atoms with Gasteiger partial charge in [-0.2, -0.15) is 13.2 Å². The molecule has 0 radical (unpaired) electrons. The molecule has 1 saturated heterocycles. The molecule has 2 unspecified atom stereocenters. The Morgan fingerprint density at radius 2 is 1.83 bits per heavy atom. The molecule has 2 amide bonds. The lowest BCUT2D eigenvalue weighted by molar-refractivity contribution is -0.261. The number of nitrogens with zero attached hydrogens (tertiary/aromatic N) is 3. The van der Waals surface area contributed by atoms with Crippen LogP contribution in [0.1, 0.15) is 52.5 Å². The van der Waals surface area contributed by atoms with Crippen LogP contribution in [0.3, 0.4) is 0 Å². The number of amides is 2. The molecule has 42 heavy (non-hydrogen) atoms. The summed E-state index contributed by atoms with van der Waals surface area (Å²) in [6.07, 6.45) is -4.55. The number of ether oxygens (including phenoxy) is 2. The first kappa shape index (κ1) is 33.2. The van der Waals surface area contributed by atoms with Gasteiger partial charge in [0.1, 0.15) is 26.4 Å². The van der Waals surface area contributed by atoms with E-state index < -0.39 is 75.7 Å². The molecule has 1 aliphatic heterocycles. The molecule has 0 saturated carbocycles. The van der Waals surface area contributed by atoms with Crippen LogP contribution in [-0.4, -0.2) is 64.5 Å². The maximum atomic E-state index is 14.9. The van der Waals surface area contributed by atoms with E-state index >= 15 is 0 Å². The summed E-state index contributed by atoms with van der Waals surface area (Å²) in [5.41, 5.74) is -3.97. The Balaban J connectivity index is 2.03. The molecule has 2 aromatic rings. The van der Waals surface area contributed by atoms with E-state index in [2.05, 4.69) is 14.7 Å². The van der Waals surface area contributed by atoms with Crippen LogP contribution in [0.4, 0.5) is 38.1 Å². The number of halogens is 5. The van der Waals surface area contributed by atoms with Crippen LogP contribution < -0.4 is 10.2 Å². The van der Waals surface area contributed by atoms with E-state index in [0.29, 0.717) is 0 Å². The van der Waals surface area contributed by atoms with Crippen LogP contribution in [0, 0.1) is 11.6 Å². The average molecular weight is 621 g/mol. The van der Waals surface area contributed by atoms with Crippen LogP contribution in [0.25, 0.3) is 0 Å². The number of aromatic nitrogens is 1. The van der Waals surface area contributed by atoms with Gasteiger partial charge in [0.2, 0.25) is 5.91 Å². The largest absolute Gasteiger partial charge is 0.442 e. The molecule has 1 aromatic heterocycles. The van der Waals surface area contributed by atoms with E-state index in [9.17, 15) is 35.8 Å². The molecule has 0 aliphatic carbocycles. The molecule has 2 heterocycles. The normalized spacial score (nSPS) is 20.8. The fraction of sp³-hybridized carbons (Fsp3) is 0.519. The first-order valence-corrected chi connectivity index (χ1v) is 14.7. The molecule has 15 heteroatoms. The summed E-state index contributed by atoms with van der Waals surface area (Å²) >= 11 is 0. The summed E-state index contributed by atoms with van der Waals surface area (Å²) in [6.45, 7) is 7.02. The molecule has 3 atom stereocenters. The van der Waals surface area contributed by atoms with Crippen molar-refractivity contribution in [3.8, 4) is 0 Å². The summed E-state index contributed by atoms with van der Waals surface area (Å²) in [6, 6.07) is 2.84. The van der Waals surface area contributed by atoms with Crippen LogP contribution in [0.5, 0.6) is 0 Å². The Morgan fingerprint density at radius 1 is 1.19 bits per heavy atom. The van der Waals surface area contributed by atoms with Crippen molar-refractivity contribution >= 4 is 33.1 Å². The van der Waals surface area contributed by atoms with Gasteiger partial charge in [-0.25, -0.2) is 22.8 Å². The maximum absolute atomic E-state index is 14.9. The third-order valence-electron chi connectivity index (χ3n) is 6.56. The standard InChI is InChI=1S/C27H33F5N4O5S/c1-15(2)21-18(9-8-17(28)22(21)29)36-14-26(40-6,27(30,31)32)13-19(36)23(37)34-16-10-11-33-20(12-16)42(7,39)35-24(38)41-25(3,4)5/h8-12,15,19H,13-14H2,1-7H3,(H,33,34,37)/t19?,26?,42-/m1/s1. The summed E-state index contributed by atoms with van der Waals surface area (Å²) in [5.74, 6) is -3.98. The van der Waals surface area contributed by atoms with Crippen LogP contribution >= 0.6 is 0 Å². The highest BCUT2D eigenvalue weighted by Crippen LogP contribution is 2.46. The van der Waals surface area contributed by atoms with Crippen molar-refractivity contribution in [1.29, 1.82) is 0 Å². The summed E-state index contributed by atoms with van der Waals surface area (Å²) < 4.78 is 98.5. The van der Waals surface area contributed by atoms with Crippen molar-refractivity contribution in [1.82, 2.24) is 4.98 Å². The molecule has 1 aliphatic rings. The lowest BCUT2D eigenvalue weighted by atomic mass is 9.98. The van der Waals surface area contributed by atoms with Crippen molar-refractivity contribution in [2.45, 2.75) is 75.4 Å². The molecule has 232 valence electrons. The van der Waals surface area contributed by atoms with Crippen molar-refractivity contribution in [3.05, 3.63) is 47.7 Å². The zero-order chi connectivity index (χ0) is 31.8. The second-order valence-electron chi connectivity index (χ2n) is 11.2. The predicted molar refractivity (Wildman–Crippen MR) is 146 cm³/mol. The number of nitrogens with one attached hydrogen (secondary N) is 1. The Labute approximate surface area is 241 Å². The zero-order valence-electron chi connectivity index (χ0n) is 24.1. The van der Waals surface area contributed by atoms with Gasteiger partial charge in [0.15, 0.2) is 17.2 Å². The second-order valence-corrected chi connectivity index (χ2v) is 13.4. The van der Waals surface area contributed by atoms with Gasteiger partial charge in [-0.1, -0.05) is 13.8 Å². The number of methoxy groups -OCH3 is 1. The topological polar surface area (TPSA) is 110 Å². The van der Waals surface area contributed by atoms with Crippen LogP contribution in [0.2, 0.25) is 0 Å². The first-order chi connectivity index (χ1) is 19.2. The monoisotopic (exact) mass is 620 g/mol. The van der Waals surface area contributed by atoms with Gasteiger partial charge in [0, 0.05) is 42.9 Å². The molecular formula is C27H33F5N4O5S. The third-order valence-corrected chi connectivity index (χ3v) is 8.06. The number of carbonyl (C=O) groups excluding carboxylic acids is 2. The van der Waals surface area contributed by atoms with Gasteiger partial charge < -0.3 is 19.7 Å². The highest BCUT2D eigenvalue weighted by molar-refractivity contribution is 7.93.